The predicted molar refractivity (Wildman–Crippen MR) is 119 cm³/mol. The van der Waals surface area contributed by atoms with Gasteiger partial charge in [-0.3, -0.25) is 40.0 Å². The number of ether oxygens (including phenoxy) is 1. The van der Waals surface area contributed by atoms with Crippen LogP contribution in [0, 0.1) is 36.3 Å². The smallest absolute Gasteiger partial charge is 0.324 e. The van der Waals surface area contributed by atoms with Gasteiger partial charge in [0.25, 0.3) is 11.4 Å². The number of hydrogen-bond acceptors (Lipinski definition) is 10. The fraction of sp³-hybridized carbons (Fsp3) is 0.381. The molecule has 13 heteroatoms. The van der Waals surface area contributed by atoms with E-state index in [2.05, 4.69) is 37.8 Å². The number of nitrogens with zero attached hydrogens (tertiary/aromatic N) is 4. The van der Waals surface area contributed by atoms with Gasteiger partial charge in [0, 0.05) is 18.1 Å². The molecule has 1 aliphatic rings. The van der Waals surface area contributed by atoms with Crippen LogP contribution in [-0.2, 0) is 9.53 Å². The van der Waals surface area contributed by atoms with Gasteiger partial charge >= 0.3 is 17.3 Å². The number of benzene rings is 2. The molecule has 0 aromatic heterocycles. The maximum absolute atomic E-state index is 11.8. The van der Waals surface area contributed by atoms with Crippen molar-refractivity contribution in [2.45, 2.75) is 32.4 Å². The van der Waals surface area contributed by atoms with Crippen molar-refractivity contribution in [3.8, 4) is 5.75 Å². The number of phenols is 1. The molecule has 1 saturated heterocycles. The van der Waals surface area contributed by atoms with Crippen LogP contribution in [0.5, 0.6) is 5.75 Å². The fourth-order valence-electron chi connectivity index (χ4n) is 3.59. The summed E-state index contributed by atoms with van der Waals surface area (Å²) in [6.07, 6.45) is 0. The Morgan fingerprint density at radius 3 is 1.88 bits per heavy atom. The third kappa shape index (κ3) is 5.61. The summed E-state index contributed by atoms with van der Waals surface area (Å²) in [6.45, 7) is 7.30. The number of esters is 1. The maximum Gasteiger partial charge on any atom is 0.324 e. The highest BCUT2D eigenvalue weighted by molar-refractivity contribution is 5.75. The SMILES string of the molecule is COC(=O)C1CN(C(C)(C)C)C1c1ccccc1.O=[N+]([O-])c1cc([N+](=O)[O-])c(O)c([N+](=O)[O-])c1. The van der Waals surface area contributed by atoms with Crippen molar-refractivity contribution in [2.24, 2.45) is 5.92 Å². The summed E-state index contributed by atoms with van der Waals surface area (Å²) in [7, 11) is 1.46. The molecule has 0 aliphatic carbocycles. The van der Waals surface area contributed by atoms with Crippen molar-refractivity contribution in [3.05, 3.63) is 78.4 Å². The first-order valence-corrected chi connectivity index (χ1v) is 9.99. The highest BCUT2D eigenvalue weighted by Gasteiger charge is 2.49. The third-order valence-electron chi connectivity index (χ3n) is 5.28. The zero-order valence-corrected chi connectivity index (χ0v) is 18.9. The Labute approximate surface area is 194 Å². The van der Waals surface area contributed by atoms with Crippen molar-refractivity contribution in [1.82, 2.24) is 4.90 Å². The van der Waals surface area contributed by atoms with E-state index < -0.39 is 37.6 Å². The number of carbonyl (C=O) groups excluding carboxylic acids is 1. The molecule has 2 aromatic rings. The minimum absolute atomic E-state index is 0.0448. The number of likely N-dealkylation sites (tertiary alicyclic amines) is 1. The molecule has 2 unspecified atom stereocenters. The summed E-state index contributed by atoms with van der Waals surface area (Å²) in [4.78, 5) is 41.9. The van der Waals surface area contributed by atoms with Crippen LogP contribution in [0.3, 0.4) is 0 Å². The van der Waals surface area contributed by atoms with Crippen LogP contribution in [0.1, 0.15) is 32.4 Å². The number of non-ortho nitro benzene ring substituents is 1. The Morgan fingerprint density at radius 2 is 1.50 bits per heavy atom. The summed E-state index contributed by atoms with van der Waals surface area (Å²) in [5.41, 5.74) is -1.75. The van der Waals surface area contributed by atoms with Crippen LogP contribution in [0.25, 0.3) is 0 Å². The molecule has 1 fully saturated rings. The quantitative estimate of drug-likeness (QED) is 0.379. The fourth-order valence-corrected chi connectivity index (χ4v) is 3.59. The number of hydrogen-bond donors (Lipinski definition) is 1. The van der Waals surface area contributed by atoms with Crippen LogP contribution < -0.4 is 0 Å². The molecule has 1 N–H and O–H groups in total. The molecule has 0 radical (unpaired) electrons. The van der Waals surface area contributed by atoms with Gasteiger partial charge in [-0.25, -0.2) is 0 Å². The highest BCUT2D eigenvalue weighted by atomic mass is 16.6. The molecule has 34 heavy (non-hydrogen) atoms. The molecule has 0 amide bonds. The largest absolute Gasteiger partial charge is 0.497 e. The van der Waals surface area contributed by atoms with Gasteiger partial charge in [0.2, 0.25) is 0 Å². The van der Waals surface area contributed by atoms with E-state index in [1.807, 2.05) is 18.2 Å². The van der Waals surface area contributed by atoms with Crippen LogP contribution in [0.2, 0.25) is 0 Å². The lowest BCUT2D eigenvalue weighted by Gasteiger charge is -2.53. The molecule has 2 atom stereocenters. The van der Waals surface area contributed by atoms with Gasteiger partial charge in [-0.15, -0.1) is 0 Å². The van der Waals surface area contributed by atoms with E-state index >= 15 is 0 Å². The third-order valence-corrected chi connectivity index (χ3v) is 5.28. The zero-order valence-electron chi connectivity index (χ0n) is 18.9. The first-order chi connectivity index (χ1) is 15.8. The average molecular weight is 476 g/mol. The number of aromatic hydroxyl groups is 1. The van der Waals surface area contributed by atoms with Crippen LogP contribution in [0.15, 0.2) is 42.5 Å². The highest BCUT2D eigenvalue weighted by Crippen LogP contribution is 2.44. The Kier molecular flexibility index (Phi) is 7.84. The first-order valence-electron chi connectivity index (χ1n) is 9.99. The normalized spacial score (nSPS) is 17.5. The van der Waals surface area contributed by atoms with E-state index in [0.29, 0.717) is 12.1 Å². The van der Waals surface area contributed by atoms with E-state index in [4.69, 9.17) is 9.84 Å². The molecule has 1 heterocycles. The summed E-state index contributed by atoms with van der Waals surface area (Å²) in [5.74, 6) is -1.36. The van der Waals surface area contributed by atoms with Crippen molar-refractivity contribution >= 4 is 23.0 Å². The molecule has 182 valence electrons. The number of phenolic OH excluding ortho intramolecular Hbond substituents is 1. The Morgan fingerprint density at radius 1 is 1.00 bits per heavy atom. The van der Waals surface area contributed by atoms with Crippen molar-refractivity contribution in [2.75, 3.05) is 13.7 Å². The predicted octanol–water partition coefficient (Wildman–Crippen LogP) is 3.75. The molecule has 3 rings (SSSR count). The Hall–Kier alpha value is -4.13. The molecule has 2 aromatic carbocycles. The number of nitro groups is 3. The molecule has 0 saturated carbocycles. The van der Waals surface area contributed by atoms with E-state index in [-0.39, 0.29) is 23.5 Å². The van der Waals surface area contributed by atoms with Gasteiger partial charge in [-0.2, -0.15) is 0 Å². The first kappa shape index (κ1) is 26.1. The molecule has 0 spiro atoms. The van der Waals surface area contributed by atoms with Crippen molar-refractivity contribution in [3.63, 3.8) is 0 Å². The monoisotopic (exact) mass is 476 g/mol. The lowest BCUT2D eigenvalue weighted by molar-refractivity contribution is -0.404. The van der Waals surface area contributed by atoms with Crippen molar-refractivity contribution < 1.29 is 29.4 Å². The van der Waals surface area contributed by atoms with Gasteiger partial charge in [0.15, 0.2) is 0 Å². The number of carbonyl (C=O) groups is 1. The van der Waals surface area contributed by atoms with Gasteiger partial charge in [-0.05, 0) is 26.3 Å². The second-order valence-electron chi connectivity index (χ2n) is 8.41. The Balaban J connectivity index is 0.000000242. The Bertz CT molecular complexity index is 1060. The summed E-state index contributed by atoms with van der Waals surface area (Å²) >= 11 is 0. The van der Waals surface area contributed by atoms with Crippen LogP contribution >= 0.6 is 0 Å². The summed E-state index contributed by atoms with van der Waals surface area (Å²) < 4.78 is 4.90. The van der Waals surface area contributed by atoms with Gasteiger partial charge < -0.3 is 9.84 Å². The number of methoxy groups -OCH3 is 1. The van der Waals surface area contributed by atoms with Gasteiger partial charge in [0.05, 0.1) is 39.9 Å². The molecular formula is C21H24N4O9. The standard InChI is InChI=1S/C15H21NO2.C6H3N3O7/c1-15(2,3)16-10-12(14(17)18-4)13(16)11-8-6-5-7-9-11;10-6-4(8(13)14)1-3(7(11)12)2-5(6)9(15)16/h5-9,12-13H,10H2,1-4H3;1-2,10H. The van der Waals surface area contributed by atoms with Gasteiger partial charge in [-0.1, -0.05) is 30.3 Å². The molecule has 1 aliphatic heterocycles. The minimum atomic E-state index is -1.21. The van der Waals surface area contributed by atoms with E-state index in [9.17, 15) is 35.1 Å². The number of nitro benzene ring substituents is 3. The van der Waals surface area contributed by atoms with Crippen molar-refractivity contribution in [1.29, 1.82) is 0 Å². The summed E-state index contributed by atoms with van der Waals surface area (Å²) in [6, 6.07) is 11.2. The zero-order chi connectivity index (χ0) is 25.8. The average Bonchev–Trinajstić information content (AvgIpc) is 2.72. The number of rotatable bonds is 5. The summed E-state index contributed by atoms with van der Waals surface area (Å²) in [5, 5.41) is 40.2. The van der Waals surface area contributed by atoms with Crippen LogP contribution in [-0.4, -0.2) is 49.9 Å². The minimum Gasteiger partial charge on any atom is -0.497 e. The van der Waals surface area contributed by atoms with E-state index in [1.54, 1.807) is 0 Å². The second kappa shape index (κ2) is 10.2. The van der Waals surface area contributed by atoms with Crippen LogP contribution in [0.4, 0.5) is 17.1 Å². The van der Waals surface area contributed by atoms with E-state index in [1.165, 1.54) is 12.7 Å². The topological polar surface area (TPSA) is 179 Å². The molecule has 13 nitrogen and oxygen atoms in total. The lowest BCUT2D eigenvalue weighted by atomic mass is 9.79. The molecular weight excluding hydrogens is 452 g/mol. The molecule has 0 bridgehead atoms. The second-order valence-corrected chi connectivity index (χ2v) is 8.41. The maximum atomic E-state index is 11.8. The lowest BCUT2D eigenvalue weighted by Crippen LogP contribution is -2.60. The van der Waals surface area contributed by atoms with E-state index in [0.717, 1.165) is 6.54 Å². The van der Waals surface area contributed by atoms with Gasteiger partial charge in [0.1, 0.15) is 0 Å².